The monoisotopic (exact) mass is 245 g/mol. The van der Waals surface area contributed by atoms with Gasteiger partial charge in [-0.15, -0.1) is 20.7 Å². The first-order valence-electron chi connectivity index (χ1n) is 4.71. The van der Waals surface area contributed by atoms with Gasteiger partial charge in [-0.25, -0.2) is 9.97 Å². The maximum absolute atomic E-state index is 6.03. The van der Waals surface area contributed by atoms with Crippen molar-refractivity contribution in [1.29, 1.82) is 0 Å². The molecule has 0 saturated carbocycles. The van der Waals surface area contributed by atoms with Crippen LogP contribution < -0.4 is 5.73 Å². The average Bonchev–Trinajstić information content (AvgIpc) is 1.99. The third kappa shape index (κ3) is 3.36. The van der Waals surface area contributed by atoms with Crippen LogP contribution in [0.2, 0.25) is 0 Å². The van der Waals surface area contributed by atoms with E-state index in [0.29, 0.717) is 0 Å². The Balaban J connectivity index is 3.30. The number of hydrogen-bond acceptors (Lipinski definition) is 4. The molecule has 2 N–H and O–H groups in total. The zero-order valence-corrected chi connectivity index (χ0v) is 11.6. The standard InChI is InChI=1S/C10H19N3S2/c1-7-6-8(10(2,3)11)13-9(12-7)15(4,5)14/h6,14H,11H2,1-5H3. The summed E-state index contributed by atoms with van der Waals surface area (Å²) in [5.74, 6) is 0. The van der Waals surface area contributed by atoms with Gasteiger partial charge in [-0.1, -0.05) is 0 Å². The van der Waals surface area contributed by atoms with Gasteiger partial charge in [0.2, 0.25) is 0 Å². The molecule has 1 rings (SSSR count). The minimum absolute atomic E-state index is 0.430. The maximum atomic E-state index is 6.03. The molecular formula is C10H19N3S2. The van der Waals surface area contributed by atoms with Crippen molar-refractivity contribution in [2.24, 2.45) is 5.73 Å². The third-order valence-electron chi connectivity index (χ3n) is 1.94. The number of nitrogens with zero attached hydrogens (tertiary/aromatic N) is 2. The first kappa shape index (κ1) is 12.8. The molecule has 0 aromatic carbocycles. The maximum Gasteiger partial charge on any atom is 0.178 e. The molecule has 0 aliphatic heterocycles. The lowest BCUT2D eigenvalue weighted by molar-refractivity contribution is 0.525. The highest BCUT2D eigenvalue weighted by atomic mass is 33.1. The van der Waals surface area contributed by atoms with Gasteiger partial charge in [0, 0.05) is 5.69 Å². The lowest BCUT2D eigenvalue weighted by atomic mass is 10.0. The summed E-state index contributed by atoms with van der Waals surface area (Å²) >= 11 is 4.55. The molecule has 15 heavy (non-hydrogen) atoms. The van der Waals surface area contributed by atoms with E-state index in [1.807, 2.05) is 26.8 Å². The van der Waals surface area contributed by atoms with Gasteiger partial charge in [0.15, 0.2) is 5.16 Å². The molecule has 5 heteroatoms. The van der Waals surface area contributed by atoms with E-state index in [9.17, 15) is 0 Å². The summed E-state index contributed by atoms with van der Waals surface area (Å²) in [6, 6.07) is 1.93. The van der Waals surface area contributed by atoms with Crippen LogP contribution in [0.1, 0.15) is 25.2 Å². The van der Waals surface area contributed by atoms with Crippen LogP contribution in [-0.2, 0) is 5.54 Å². The Bertz CT molecular complexity index is 332. The molecule has 0 fully saturated rings. The molecule has 1 heterocycles. The minimum Gasteiger partial charge on any atom is -0.321 e. The van der Waals surface area contributed by atoms with Crippen molar-refractivity contribution in [3.05, 3.63) is 17.5 Å². The molecule has 3 nitrogen and oxygen atoms in total. The van der Waals surface area contributed by atoms with Crippen molar-refractivity contribution in [2.75, 3.05) is 12.5 Å². The lowest BCUT2D eigenvalue weighted by Gasteiger charge is -2.25. The molecule has 1 aromatic rings. The molecule has 0 radical (unpaired) electrons. The van der Waals surface area contributed by atoms with E-state index in [2.05, 4.69) is 34.1 Å². The summed E-state index contributed by atoms with van der Waals surface area (Å²) in [6.07, 6.45) is 4.11. The second kappa shape index (κ2) is 3.96. The molecule has 0 unspecified atom stereocenters. The van der Waals surface area contributed by atoms with Gasteiger partial charge in [0.25, 0.3) is 0 Å². The van der Waals surface area contributed by atoms with Crippen molar-refractivity contribution < 1.29 is 0 Å². The van der Waals surface area contributed by atoms with E-state index in [1.54, 1.807) is 0 Å². The SMILES string of the molecule is Cc1cc(C(C)(C)N)nc(S(C)(C)S)n1. The van der Waals surface area contributed by atoms with Crippen LogP contribution in [0.5, 0.6) is 0 Å². The quantitative estimate of drug-likeness (QED) is 0.477. The van der Waals surface area contributed by atoms with E-state index in [4.69, 9.17) is 5.73 Å². The van der Waals surface area contributed by atoms with Crippen LogP contribution in [-0.4, -0.2) is 22.5 Å². The van der Waals surface area contributed by atoms with Crippen LogP contribution in [0, 0.1) is 6.92 Å². The summed E-state index contributed by atoms with van der Waals surface area (Å²) in [7, 11) is -1.19. The van der Waals surface area contributed by atoms with Gasteiger partial charge in [-0.2, -0.15) is 0 Å². The Labute approximate surface area is 98.0 Å². The Kier molecular flexibility index (Phi) is 3.38. The molecule has 0 saturated heterocycles. The van der Waals surface area contributed by atoms with E-state index in [-0.39, 0.29) is 0 Å². The van der Waals surface area contributed by atoms with Gasteiger partial charge < -0.3 is 5.73 Å². The van der Waals surface area contributed by atoms with Gasteiger partial charge in [0.1, 0.15) is 0 Å². The Morgan fingerprint density at radius 3 is 2.27 bits per heavy atom. The number of aryl methyl sites for hydroxylation is 1. The van der Waals surface area contributed by atoms with Crippen molar-refractivity contribution in [2.45, 2.75) is 31.5 Å². The zero-order chi connectivity index (χ0) is 11.9. The number of thiol groups is 1. The fraction of sp³-hybridized carbons (Fsp3) is 0.600. The highest BCUT2D eigenvalue weighted by Gasteiger charge is 2.21. The average molecular weight is 245 g/mol. The molecule has 0 spiro atoms. The number of aromatic nitrogens is 2. The largest absolute Gasteiger partial charge is 0.321 e. The number of nitrogens with two attached hydrogens (primary N) is 1. The Hall–Kier alpha value is -0.260. The number of hydrogen-bond donors (Lipinski definition) is 2. The molecule has 0 aliphatic rings. The predicted octanol–water partition coefficient (Wildman–Crippen LogP) is 2.25. The van der Waals surface area contributed by atoms with Crippen molar-refractivity contribution in [3.63, 3.8) is 0 Å². The van der Waals surface area contributed by atoms with E-state index < -0.39 is 14.6 Å². The molecule has 86 valence electrons. The summed E-state index contributed by atoms with van der Waals surface area (Å²) in [5.41, 5.74) is 7.42. The fourth-order valence-corrected chi connectivity index (χ4v) is 2.03. The van der Waals surface area contributed by atoms with Gasteiger partial charge in [0.05, 0.1) is 11.2 Å². The first-order chi connectivity index (χ1) is 6.60. The second-order valence-corrected chi connectivity index (χ2v) is 10.3. The summed E-state index contributed by atoms with van der Waals surface area (Å²) in [5, 5.41) is 0.805. The normalized spacial score (nSPS) is 14.1. The van der Waals surface area contributed by atoms with E-state index >= 15 is 0 Å². The Morgan fingerprint density at radius 2 is 1.87 bits per heavy atom. The molecule has 0 amide bonds. The fourth-order valence-electron chi connectivity index (χ4n) is 1.09. The minimum atomic E-state index is -1.19. The summed E-state index contributed by atoms with van der Waals surface area (Å²) < 4.78 is 0. The molecule has 0 aliphatic carbocycles. The highest BCUT2D eigenvalue weighted by molar-refractivity contribution is 8.87. The highest BCUT2D eigenvalue weighted by Crippen LogP contribution is 2.51. The van der Waals surface area contributed by atoms with Crippen LogP contribution in [0.25, 0.3) is 0 Å². The Morgan fingerprint density at radius 1 is 1.33 bits per heavy atom. The van der Waals surface area contributed by atoms with Crippen LogP contribution in [0.3, 0.4) is 0 Å². The topological polar surface area (TPSA) is 51.8 Å². The first-order valence-corrected chi connectivity index (χ1v) is 8.22. The molecular weight excluding hydrogens is 226 g/mol. The predicted molar refractivity (Wildman–Crippen MR) is 70.7 cm³/mol. The van der Waals surface area contributed by atoms with Gasteiger partial charge in [-0.3, -0.25) is 0 Å². The smallest absolute Gasteiger partial charge is 0.178 e. The summed E-state index contributed by atoms with van der Waals surface area (Å²) in [4.78, 5) is 8.91. The van der Waals surface area contributed by atoms with Crippen LogP contribution >= 0.6 is 20.7 Å². The third-order valence-corrected chi connectivity index (χ3v) is 3.51. The van der Waals surface area contributed by atoms with Crippen molar-refractivity contribution >= 4 is 20.7 Å². The van der Waals surface area contributed by atoms with Crippen LogP contribution in [0.15, 0.2) is 11.2 Å². The molecule has 0 atom stereocenters. The van der Waals surface area contributed by atoms with E-state index in [1.165, 1.54) is 0 Å². The van der Waals surface area contributed by atoms with E-state index in [0.717, 1.165) is 16.5 Å². The second-order valence-electron chi connectivity index (χ2n) is 4.67. The zero-order valence-electron chi connectivity index (χ0n) is 9.90. The lowest BCUT2D eigenvalue weighted by Crippen LogP contribution is -2.30. The van der Waals surface area contributed by atoms with Gasteiger partial charge in [-0.05, 0) is 39.3 Å². The molecule has 0 bridgehead atoms. The van der Waals surface area contributed by atoms with Crippen molar-refractivity contribution in [1.82, 2.24) is 9.97 Å². The van der Waals surface area contributed by atoms with Crippen LogP contribution in [0.4, 0.5) is 0 Å². The van der Waals surface area contributed by atoms with Gasteiger partial charge >= 0.3 is 0 Å². The summed E-state index contributed by atoms with van der Waals surface area (Å²) in [6.45, 7) is 5.85. The van der Waals surface area contributed by atoms with Crippen molar-refractivity contribution in [3.8, 4) is 0 Å². The number of rotatable bonds is 2. The molecule has 1 aromatic heterocycles.